The molecule has 2 aromatic heterocycles. The quantitative estimate of drug-likeness (QED) is 0.588. The summed E-state index contributed by atoms with van der Waals surface area (Å²) in [6.07, 6.45) is 3.30. The first kappa shape index (κ1) is 22.3. The minimum absolute atomic E-state index is 0.262. The summed E-state index contributed by atoms with van der Waals surface area (Å²) in [6.45, 7) is 6.70. The van der Waals surface area contributed by atoms with Crippen LogP contribution in [0.15, 0.2) is 42.7 Å². The number of nitrogens with one attached hydrogen (secondary N) is 1. The molecular formula is C23H26ClN5O3. The van der Waals surface area contributed by atoms with Gasteiger partial charge in [0.15, 0.2) is 0 Å². The largest absolute Gasteiger partial charge is 0.476 e. The van der Waals surface area contributed by atoms with Crippen LogP contribution in [-0.2, 0) is 11.8 Å². The summed E-state index contributed by atoms with van der Waals surface area (Å²) < 4.78 is 13.0. The van der Waals surface area contributed by atoms with Crippen LogP contribution in [0.25, 0.3) is 11.4 Å². The first-order valence-electron chi connectivity index (χ1n) is 10.5. The molecule has 3 heterocycles. The molecular weight excluding hydrogens is 430 g/mol. The van der Waals surface area contributed by atoms with Crippen LogP contribution < -0.4 is 10.1 Å². The zero-order valence-electron chi connectivity index (χ0n) is 18.2. The standard InChI is InChI=1S/C23H26ClN5O3/c1-16-14-26-22(28(16)2)19-13-18(4-5-20(19)24)27-23(30)17-3-6-21(25-15-17)32-12-9-29-7-10-31-11-8-29/h3-6,13-15H,7-12H2,1-2H3,(H,27,30). The molecule has 1 saturated heterocycles. The molecule has 1 amide bonds. The third-order valence-electron chi connectivity index (χ3n) is 5.45. The van der Waals surface area contributed by atoms with Gasteiger partial charge in [-0.2, -0.15) is 0 Å². The van der Waals surface area contributed by atoms with Gasteiger partial charge in [0.1, 0.15) is 12.4 Å². The van der Waals surface area contributed by atoms with E-state index in [0.717, 1.165) is 49.9 Å². The van der Waals surface area contributed by atoms with Gasteiger partial charge >= 0.3 is 0 Å². The fourth-order valence-electron chi connectivity index (χ4n) is 3.43. The van der Waals surface area contributed by atoms with Crippen molar-refractivity contribution >= 4 is 23.2 Å². The van der Waals surface area contributed by atoms with Crippen LogP contribution in [0, 0.1) is 6.92 Å². The number of morpholine rings is 1. The number of halogens is 1. The van der Waals surface area contributed by atoms with Crippen molar-refractivity contribution in [3.63, 3.8) is 0 Å². The van der Waals surface area contributed by atoms with E-state index in [-0.39, 0.29) is 5.91 Å². The van der Waals surface area contributed by atoms with E-state index in [0.29, 0.717) is 28.8 Å². The summed E-state index contributed by atoms with van der Waals surface area (Å²) >= 11 is 6.37. The van der Waals surface area contributed by atoms with Crippen LogP contribution in [0.4, 0.5) is 5.69 Å². The number of pyridine rings is 1. The lowest BCUT2D eigenvalue weighted by Crippen LogP contribution is -2.38. The third-order valence-corrected chi connectivity index (χ3v) is 5.77. The highest BCUT2D eigenvalue weighted by Crippen LogP contribution is 2.30. The van der Waals surface area contributed by atoms with Crippen molar-refractivity contribution in [3.8, 4) is 17.3 Å². The Morgan fingerprint density at radius 2 is 2.00 bits per heavy atom. The molecule has 0 spiro atoms. The van der Waals surface area contributed by atoms with Crippen molar-refractivity contribution in [3.05, 3.63) is 59.0 Å². The molecule has 0 atom stereocenters. The number of anilines is 1. The molecule has 0 bridgehead atoms. The smallest absolute Gasteiger partial charge is 0.257 e. The van der Waals surface area contributed by atoms with Gasteiger partial charge in [0.25, 0.3) is 5.91 Å². The Labute approximate surface area is 192 Å². The lowest BCUT2D eigenvalue weighted by atomic mass is 10.1. The number of aromatic nitrogens is 3. The molecule has 1 fully saturated rings. The Kier molecular flexibility index (Phi) is 7.04. The first-order chi connectivity index (χ1) is 15.5. The molecule has 1 aromatic carbocycles. The van der Waals surface area contributed by atoms with E-state index in [1.165, 1.54) is 6.20 Å². The SMILES string of the molecule is Cc1cnc(-c2cc(NC(=O)c3ccc(OCCN4CCOCC4)nc3)ccc2Cl)n1C. The molecule has 1 aliphatic rings. The highest BCUT2D eigenvalue weighted by molar-refractivity contribution is 6.33. The Balaban J connectivity index is 1.36. The number of ether oxygens (including phenoxy) is 2. The van der Waals surface area contributed by atoms with E-state index in [4.69, 9.17) is 21.1 Å². The zero-order chi connectivity index (χ0) is 22.5. The molecule has 3 aromatic rings. The number of carbonyl (C=O) groups is 1. The summed E-state index contributed by atoms with van der Waals surface area (Å²) in [7, 11) is 1.93. The van der Waals surface area contributed by atoms with Gasteiger partial charge in [0.2, 0.25) is 5.88 Å². The summed E-state index contributed by atoms with van der Waals surface area (Å²) in [4.78, 5) is 23.7. The monoisotopic (exact) mass is 455 g/mol. The van der Waals surface area contributed by atoms with Crippen LogP contribution in [0.3, 0.4) is 0 Å². The summed E-state index contributed by atoms with van der Waals surface area (Å²) in [5.74, 6) is 0.972. The maximum absolute atomic E-state index is 12.7. The van der Waals surface area contributed by atoms with Gasteiger partial charge in [-0.05, 0) is 31.2 Å². The third kappa shape index (κ3) is 5.27. The van der Waals surface area contributed by atoms with Crippen LogP contribution >= 0.6 is 11.6 Å². The molecule has 168 valence electrons. The second kappa shape index (κ2) is 10.1. The van der Waals surface area contributed by atoms with E-state index in [1.807, 2.05) is 24.6 Å². The summed E-state index contributed by atoms with van der Waals surface area (Å²) in [5.41, 5.74) is 2.83. The Morgan fingerprint density at radius 3 is 2.69 bits per heavy atom. The molecule has 4 rings (SSSR count). The number of aryl methyl sites for hydroxylation is 1. The molecule has 1 aliphatic heterocycles. The number of carbonyl (C=O) groups excluding carboxylic acids is 1. The predicted molar refractivity (Wildman–Crippen MR) is 123 cm³/mol. The Hall–Kier alpha value is -2.94. The van der Waals surface area contributed by atoms with Gasteiger partial charge in [-0.1, -0.05) is 11.6 Å². The number of rotatable bonds is 7. The van der Waals surface area contributed by atoms with Crippen molar-refractivity contribution in [2.24, 2.45) is 7.05 Å². The molecule has 0 unspecified atom stereocenters. The topological polar surface area (TPSA) is 81.5 Å². The van der Waals surface area contributed by atoms with Gasteiger partial charge in [-0.25, -0.2) is 9.97 Å². The normalized spacial score (nSPS) is 14.3. The number of benzene rings is 1. The van der Waals surface area contributed by atoms with E-state index in [1.54, 1.807) is 30.5 Å². The predicted octanol–water partition coefficient (Wildman–Crippen LogP) is 3.41. The van der Waals surface area contributed by atoms with E-state index in [2.05, 4.69) is 20.2 Å². The number of imidazole rings is 1. The van der Waals surface area contributed by atoms with Crippen LogP contribution in [0.1, 0.15) is 16.1 Å². The average Bonchev–Trinajstić information content (AvgIpc) is 3.14. The highest BCUT2D eigenvalue weighted by Gasteiger charge is 2.14. The number of hydrogen-bond donors (Lipinski definition) is 1. The van der Waals surface area contributed by atoms with E-state index >= 15 is 0 Å². The van der Waals surface area contributed by atoms with Gasteiger partial charge in [0, 0.05) is 62.1 Å². The minimum atomic E-state index is -0.262. The lowest BCUT2D eigenvalue weighted by Gasteiger charge is -2.26. The fraction of sp³-hybridized carbons (Fsp3) is 0.348. The Morgan fingerprint density at radius 1 is 1.19 bits per heavy atom. The molecule has 9 heteroatoms. The average molecular weight is 456 g/mol. The van der Waals surface area contributed by atoms with Crippen LogP contribution in [0.2, 0.25) is 5.02 Å². The molecule has 0 radical (unpaired) electrons. The molecule has 32 heavy (non-hydrogen) atoms. The van der Waals surface area contributed by atoms with E-state index < -0.39 is 0 Å². The van der Waals surface area contributed by atoms with Crippen LogP contribution in [-0.4, -0.2) is 64.8 Å². The van der Waals surface area contributed by atoms with Crippen molar-refractivity contribution in [2.75, 3.05) is 44.8 Å². The highest BCUT2D eigenvalue weighted by atomic mass is 35.5. The molecule has 0 aliphatic carbocycles. The van der Waals surface area contributed by atoms with Crippen molar-refractivity contribution in [1.29, 1.82) is 0 Å². The first-order valence-corrected chi connectivity index (χ1v) is 10.9. The minimum Gasteiger partial charge on any atom is -0.476 e. The summed E-state index contributed by atoms with van der Waals surface area (Å²) in [6, 6.07) is 8.73. The summed E-state index contributed by atoms with van der Waals surface area (Å²) in [5, 5.41) is 3.46. The second-order valence-electron chi connectivity index (χ2n) is 7.62. The number of nitrogens with zero attached hydrogens (tertiary/aromatic N) is 4. The molecule has 0 saturated carbocycles. The van der Waals surface area contributed by atoms with Gasteiger partial charge in [0.05, 0.1) is 23.8 Å². The van der Waals surface area contributed by atoms with Crippen molar-refractivity contribution < 1.29 is 14.3 Å². The van der Waals surface area contributed by atoms with Gasteiger partial charge in [-0.3, -0.25) is 9.69 Å². The van der Waals surface area contributed by atoms with Gasteiger partial charge in [-0.15, -0.1) is 0 Å². The van der Waals surface area contributed by atoms with Crippen LogP contribution in [0.5, 0.6) is 5.88 Å². The van der Waals surface area contributed by atoms with Crippen molar-refractivity contribution in [2.45, 2.75) is 6.92 Å². The maximum atomic E-state index is 12.7. The second-order valence-corrected chi connectivity index (χ2v) is 8.03. The molecule has 8 nitrogen and oxygen atoms in total. The van der Waals surface area contributed by atoms with Crippen molar-refractivity contribution in [1.82, 2.24) is 19.4 Å². The number of hydrogen-bond acceptors (Lipinski definition) is 6. The van der Waals surface area contributed by atoms with Gasteiger partial charge < -0.3 is 19.4 Å². The fourth-order valence-corrected chi connectivity index (χ4v) is 3.63. The number of amides is 1. The Bertz CT molecular complexity index is 1080. The van der Waals surface area contributed by atoms with E-state index in [9.17, 15) is 4.79 Å². The lowest BCUT2D eigenvalue weighted by molar-refractivity contribution is 0.0320. The maximum Gasteiger partial charge on any atom is 0.257 e. The zero-order valence-corrected chi connectivity index (χ0v) is 18.9. The molecule has 1 N–H and O–H groups in total.